The highest BCUT2D eigenvalue weighted by atomic mass is 16.1. The highest BCUT2D eigenvalue weighted by Gasteiger charge is 2.04. The average molecular weight is 197 g/mol. The summed E-state index contributed by atoms with van der Waals surface area (Å²) in [4.78, 5) is 11.2. The third-order valence-corrected chi connectivity index (χ3v) is 1.59. The van der Waals surface area contributed by atoms with Crippen molar-refractivity contribution < 1.29 is 4.79 Å². The summed E-state index contributed by atoms with van der Waals surface area (Å²) >= 11 is 0. The number of rotatable bonds is 4. The monoisotopic (exact) mass is 197 g/mol. The molecular weight excluding hydrogens is 182 g/mol. The molecule has 1 amide bonds. The predicted molar refractivity (Wildman–Crippen MR) is 52.8 cm³/mol. The molecule has 78 valence electrons. The van der Waals surface area contributed by atoms with E-state index in [4.69, 9.17) is 0 Å². The van der Waals surface area contributed by atoms with Gasteiger partial charge in [-0.1, -0.05) is 5.21 Å². The summed E-state index contributed by atoms with van der Waals surface area (Å²) in [7, 11) is 1.76. The Morgan fingerprint density at radius 3 is 2.86 bits per heavy atom. The van der Waals surface area contributed by atoms with Crippen LogP contribution >= 0.6 is 0 Å². The highest BCUT2D eigenvalue weighted by molar-refractivity contribution is 5.80. The first kappa shape index (κ1) is 10.5. The molecule has 0 bridgehead atoms. The van der Waals surface area contributed by atoms with Crippen molar-refractivity contribution in [3.63, 3.8) is 0 Å². The zero-order valence-electron chi connectivity index (χ0n) is 8.61. The molecule has 0 spiro atoms. The molecule has 14 heavy (non-hydrogen) atoms. The molecule has 6 nitrogen and oxygen atoms in total. The van der Waals surface area contributed by atoms with Gasteiger partial charge in [0.25, 0.3) is 0 Å². The number of nitrogens with zero attached hydrogens (tertiary/aromatic N) is 3. The molecule has 0 atom stereocenters. The summed E-state index contributed by atoms with van der Waals surface area (Å²) in [6, 6.07) is 0.161. The van der Waals surface area contributed by atoms with Crippen LogP contribution in [0.5, 0.6) is 0 Å². The molecule has 6 heteroatoms. The molecule has 1 aromatic rings. The van der Waals surface area contributed by atoms with E-state index in [0.717, 1.165) is 5.82 Å². The third-order valence-electron chi connectivity index (χ3n) is 1.59. The van der Waals surface area contributed by atoms with E-state index in [1.54, 1.807) is 17.9 Å². The fourth-order valence-electron chi connectivity index (χ4n) is 0.994. The number of amides is 1. The predicted octanol–water partition coefficient (Wildman–Crippen LogP) is -0.248. The van der Waals surface area contributed by atoms with Crippen LogP contribution in [0.1, 0.15) is 13.8 Å². The van der Waals surface area contributed by atoms with Crippen molar-refractivity contribution in [1.82, 2.24) is 20.3 Å². The first-order valence-electron chi connectivity index (χ1n) is 4.47. The summed E-state index contributed by atoms with van der Waals surface area (Å²) in [5, 5.41) is 13.1. The zero-order chi connectivity index (χ0) is 10.6. The van der Waals surface area contributed by atoms with Gasteiger partial charge in [-0.3, -0.25) is 4.79 Å². The first-order valence-corrected chi connectivity index (χ1v) is 4.47. The SMILES string of the molecule is CC(C)NC(=O)CNc1cnnn1C. The fourth-order valence-corrected chi connectivity index (χ4v) is 0.994. The molecular formula is C8H15N5O. The second-order valence-electron chi connectivity index (χ2n) is 3.32. The molecule has 0 aromatic carbocycles. The van der Waals surface area contributed by atoms with Crippen LogP contribution < -0.4 is 10.6 Å². The number of aryl methyl sites for hydroxylation is 1. The lowest BCUT2D eigenvalue weighted by Gasteiger charge is -2.09. The molecule has 0 aliphatic carbocycles. The van der Waals surface area contributed by atoms with E-state index >= 15 is 0 Å². The maximum absolute atomic E-state index is 11.2. The second-order valence-corrected chi connectivity index (χ2v) is 3.32. The van der Waals surface area contributed by atoms with E-state index in [-0.39, 0.29) is 18.5 Å². The lowest BCUT2D eigenvalue weighted by atomic mass is 10.4. The van der Waals surface area contributed by atoms with E-state index in [1.165, 1.54) is 0 Å². The van der Waals surface area contributed by atoms with Crippen LogP contribution in [0.3, 0.4) is 0 Å². The molecule has 0 fully saturated rings. The minimum atomic E-state index is -0.0406. The Morgan fingerprint density at radius 2 is 2.36 bits per heavy atom. The van der Waals surface area contributed by atoms with Crippen molar-refractivity contribution in [2.45, 2.75) is 19.9 Å². The molecule has 1 rings (SSSR count). The molecule has 0 aliphatic rings. The Morgan fingerprint density at radius 1 is 1.64 bits per heavy atom. The van der Waals surface area contributed by atoms with Crippen molar-refractivity contribution in [2.24, 2.45) is 7.05 Å². The molecule has 0 saturated heterocycles. The molecule has 0 unspecified atom stereocenters. The number of aromatic nitrogens is 3. The standard InChI is InChI=1S/C8H15N5O/c1-6(2)11-8(14)5-9-7-4-10-12-13(7)3/h4,6,9H,5H2,1-3H3,(H,11,14). The van der Waals surface area contributed by atoms with Crippen molar-refractivity contribution in [3.05, 3.63) is 6.20 Å². The van der Waals surface area contributed by atoms with E-state index in [9.17, 15) is 4.79 Å². The lowest BCUT2D eigenvalue weighted by molar-refractivity contribution is -0.119. The Kier molecular flexibility index (Phi) is 3.44. The summed E-state index contributed by atoms with van der Waals surface area (Å²) in [5.41, 5.74) is 0. The van der Waals surface area contributed by atoms with Crippen LogP contribution in [0.4, 0.5) is 5.82 Å². The minimum Gasteiger partial charge on any atom is -0.360 e. The maximum atomic E-state index is 11.2. The Labute approximate surface area is 82.7 Å². The maximum Gasteiger partial charge on any atom is 0.239 e. The van der Waals surface area contributed by atoms with Gasteiger partial charge in [0, 0.05) is 13.1 Å². The Balaban J connectivity index is 2.34. The lowest BCUT2D eigenvalue weighted by Crippen LogP contribution is -2.35. The van der Waals surface area contributed by atoms with Gasteiger partial charge in [-0.05, 0) is 13.8 Å². The molecule has 2 N–H and O–H groups in total. The van der Waals surface area contributed by atoms with Crippen LogP contribution in [-0.2, 0) is 11.8 Å². The van der Waals surface area contributed by atoms with Crippen molar-refractivity contribution >= 4 is 11.7 Å². The van der Waals surface area contributed by atoms with Crippen LogP contribution in [0.25, 0.3) is 0 Å². The Bertz CT molecular complexity index is 306. The fraction of sp³-hybridized carbons (Fsp3) is 0.625. The molecule has 1 heterocycles. The average Bonchev–Trinajstić information content (AvgIpc) is 2.46. The van der Waals surface area contributed by atoms with Gasteiger partial charge in [0.2, 0.25) is 5.91 Å². The second kappa shape index (κ2) is 4.59. The van der Waals surface area contributed by atoms with Gasteiger partial charge in [-0.15, -0.1) is 5.10 Å². The number of carbonyl (C=O) groups excluding carboxylic acids is 1. The van der Waals surface area contributed by atoms with E-state index < -0.39 is 0 Å². The normalized spacial score (nSPS) is 10.3. The minimum absolute atomic E-state index is 0.0406. The quantitative estimate of drug-likeness (QED) is 0.698. The molecule has 0 saturated carbocycles. The smallest absolute Gasteiger partial charge is 0.239 e. The van der Waals surface area contributed by atoms with E-state index in [1.807, 2.05) is 13.8 Å². The van der Waals surface area contributed by atoms with E-state index in [0.29, 0.717) is 0 Å². The van der Waals surface area contributed by atoms with Gasteiger partial charge in [-0.25, -0.2) is 4.68 Å². The molecule has 0 aliphatic heterocycles. The number of hydrogen-bond acceptors (Lipinski definition) is 4. The number of hydrogen-bond donors (Lipinski definition) is 2. The van der Waals surface area contributed by atoms with Gasteiger partial charge in [0.05, 0.1) is 12.7 Å². The van der Waals surface area contributed by atoms with Crippen LogP contribution in [0, 0.1) is 0 Å². The van der Waals surface area contributed by atoms with Gasteiger partial charge >= 0.3 is 0 Å². The highest BCUT2D eigenvalue weighted by Crippen LogP contribution is 1.98. The van der Waals surface area contributed by atoms with E-state index in [2.05, 4.69) is 20.9 Å². The largest absolute Gasteiger partial charge is 0.360 e. The van der Waals surface area contributed by atoms with Crippen molar-refractivity contribution in [3.8, 4) is 0 Å². The topological polar surface area (TPSA) is 71.8 Å². The number of anilines is 1. The third kappa shape index (κ3) is 3.04. The van der Waals surface area contributed by atoms with Crippen LogP contribution in [0.2, 0.25) is 0 Å². The first-order chi connectivity index (χ1) is 6.59. The number of nitrogens with one attached hydrogen (secondary N) is 2. The van der Waals surface area contributed by atoms with Gasteiger partial charge in [0.1, 0.15) is 5.82 Å². The van der Waals surface area contributed by atoms with Gasteiger partial charge in [-0.2, -0.15) is 0 Å². The summed E-state index contributed by atoms with van der Waals surface area (Å²) in [6.45, 7) is 4.08. The molecule has 0 radical (unpaired) electrons. The summed E-state index contributed by atoms with van der Waals surface area (Å²) in [6.07, 6.45) is 1.57. The molecule has 1 aromatic heterocycles. The van der Waals surface area contributed by atoms with Gasteiger partial charge < -0.3 is 10.6 Å². The summed E-state index contributed by atoms with van der Waals surface area (Å²) in [5.74, 6) is 0.685. The van der Waals surface area contributed by atoms with Crippen molar-refractivity contribution in [1.29, 1.82) is 0 Å². The Hall–Kier alpha value is -1.59. The van der Waals surface area contributed by atoms with Crippen LogP contribution in [0.15, 0.2) is 6.20 Å². The van der Waals surface area contributed by atoms with Crippen molar-refractivity contribution in [2.75, 3.05) is 11.9 Å². The zero-order valence-corrected chi connectivity index (χ0v) is 8.61. The summed E-state index contributed by atoms with van der Waals surface area (Å²) < 4.78 is 1.57. The van der Waals surface area contributed by atoms with Crippen LogP contribution in [-0.4, -0.2) is 33.5 Å². The van der Waals surface area contributed by atoms with Gasteiger partial charge in [0.15, 0.2) is 0 Å². The number of carbonyl (C=O) groups is 1.